The number of alkyl halides is 3. The molecule has 0 N–H and O–H groups in total. The quantitative estimate of drug-likeness (QED) is 0.567. The molecule has 0 aliphatic carbocycles. The van der Waals surface area contributed by atoms with Crippen LogP contribution in [0.25, 0.3) is 16.9 Å². The third-order valence-corrected chi connectivity index (χ3v) is 4.33. The van der Waals surface area contributed by atoms with Gasteiger partial charge in [0.15, 0.2) is 17.3 Å². The summed E-state index contributed by atoms with van der Waals surface area (Å²) in [6, 6.07) is 9.93. The number of nitrogens with zero attached hydrogens (tertiary/aromatic N) is 4. The first kappa shape index (κ1) is 21.0. The molecule has 3 aromatic rings. The topological polar surface area (TPSA) is 97.3 Å². The van der Waals surface area contributed by atoms with E-state index in [1.165, 1.54) is 49.6 Å². The molecule has 1 aromatic heterocycles. The van der Waals surface area contributed by atoms with E-state index in [4.69, 9.17) is 4.74 Å². The summed E-state index contributed by atoms with van der Waals surface area (Å²) in [4.78, 5) is 0. The van der Waals surface area contributed by atoms with Gasteiger partial charge in [-0.2, -0.15) is 31.9 Å². The van der Waals surface area contributed by atoms with Gasteiger partial charge in [0, 0.05) is 5.56 Å². The Kier molecular flexibility index (Phi) is 5.57. The summed E-state index contributed by atoms with van der Waals surface area (Å²) < 4.78 is 84.8. The molecule has 0 unspecified atom stereocenters. The number of halogens is 4. The summed E-state index contributed by atoms with van der Waals surface area (Å²) in [7, 11) is -1.48. The highest BCUT2D eigenvalue weighted by Crippen LogP contribution is 2.38. The molecule has 0 aliphatic heterocycles. The lowest BCUT2D eigenvalue weighted by Gasteiger charge is -2.10. The number of ether oxygens (including phenoxy) is 1. The minimum Gasteiger partial charge on any atom is -0.494 e. The molecule has 1 heterocycles. The van der Waals surface area contributed by atoms with Gasteiger partial charge in [-0.25, -0.2) is 9.07 Å². The van der Waals surface area contributed by atoms with E-state index in [1.807, 2.05) is 0 Å². The second-order valence-corrected chi connectivity index (χ2v) is 6.38. The van der Waals surface area contributed by atoms with Crippen LogP contribution in [0.2, 0.25) is 0 Å². The molecule has 2 aromatic carbocycles. The second kappa shape index (κ2) is 7.96. The number of benzene rings is 2. The Morgan fingerprint density at radius 2 is 1.83 bits per heavy atom. The van der Waals surface area contributed by atoms with E-state index in [9.17, 15) is 31.2 Å². The van der Waals surface area contributed by atoms with E-state index in [0.29, 0.717) is 0 Å². The van der Waals surface area contributed by atoms with Crippen LogP contribution in [0.4, 0.5) is 23.2 Å². The van der Waals surface area contributed by atoms with Crippen molar-refractivity contribution in [2.75, 3.05) is 7.11 Å². The first-order valence-corrected chi connectivity index (χ1v) is 9.04. The molecule has 0 amide bonds. The third kappa shape index (κ3) is 4.01. The van der Waals surface area contributed by atoms with E-state index in [2.05, 4.69) is 9.46 Å². The predicted octanol–water partition coefficient (Wildman–Crippen LogP) is 4.27. The molecule has 0 radical (unpaired) electrons. The SMILES string of the molecule is COc1ccc(-c2c(C#N)c(C(F)(F)F)nn2-c2ccc(N=S(=O)=O)cc2)cc1F. The van der Waals surface area contributed by atoms with Crippen molar-refractivity contribution in [3.05, 3.63) is 59.5 Å². The smallest absolute Gasteiger partial charge is 0.436 e. The molecule has 0 saturated carbocycles. The largest absolute Gasteiger partial charge is 0.494 e. The Morgan fingerprint density at radius 1 is 1.17 bits per heavy atom. The van der Waals surface area contributed by atoms with Gasteiger partial charge in [0.1, 0.15) is 11.6 Å². The van der Waals surface area contributed by atoms with Crippen molar-refractivity contribution in [2.45, 2.75) is 6.18 Å². The lowest BCUT2D eigenvalue weighted by molar-refractivity contribution is -0.141. The van der Waals surface area contributed by atoms with Crippen molar-refractivity contribution in [3.63, 3.8) is 0 Å². The van der Waals surface area contributed by atoms with Gasteiger partial charge >= 0.3 is 16.7 Å². The lowest BCUT2D eigenvalue weighted by atomic mass is 10.1. The molecule has 12 heteroatoms. The molecule has 30 heavy (non-hydrogen) atoms. The summed E-state index contributed by atoms with van der Waals surface area (Å²) in [5.74, 6) is -0.969. The zero-order chi connectivity index (χ0) is 22.1. The average molecular weight is 438 g/mol. The van der Waals surface area contributed by atoms with E-state index in [1.54, 1.807) is 0 Å². The van der Waals surface area contributed by atoms with Crippen molar-refractivity contribution < 1.29 is 30.7 Å². The van der Waals surface area contributed by atoms with Crippen molar-refractivity contribution in [3.8, 4) is 28.8 Å². The van der Waals surface area contributed by atoms with Crippen LogP contribution in [0.1, 0.15) is 11.3 Å². The molecule has 0 spiro atoms. The van der Waals surface area contributed by atoms with Crippen LogP contribution >= 0.6 is 0 Å². The maximum atomic E-state index is 14.2. The van der Waals surface area contributed by atoms with Crippen LogP contribution < -0.4 is 4.74 Å². The Morgan fingerprint density at radius 3 is 2.33 bits per heavy atom. The summed E-state index contributed by atoms with van der Waals surface area (Å²) in [6.07, 6.45) is -4.94. The number of rotatable bonds is 4. The summed E-state index contributed by atoms with van der Waals surface area (Å²) in [5.41, 5.74) is -2.45. The summed E-state index contributed by atoms with van der Waals surface area (Å²) in [5, 5.41) is 12.9. The van der Waals surface area contributed by atoms with Crippen LogP contribution in [-0.4, -0.2) is 25.3 Å². The van der Waals surface area contributed by atoms with Gasteiger partial charge < -0.3 is 4.74 Å². The van der Waals surface area contributed by atoms with Gasteiger partial charge in [-0.1, -0.05) is 0 Å². The maximum absolute atomic E-state index is 14.2. The highest BCUT2D eigenvalue weighted by Gasteiger charge is 2.40. The molecule has 3 rings (SSSR count). The first-order chi connectivity index (χ1) is 14.2. The Hall–Kier alpha value is -3.72. The molecule has 0 saturated heterocycles. The number of hydrogen-bond acceptors (Lipinski definition) is 6. The van der Waals surface area contributed by atoms with Crippen molar-refractivity contribution in [1.82, 2.24) is 9.78 Å². The number of methoxy groups -OCH3 is 1. The molecule has 0 atom stereocenters. The Labute approximate surface area is 168 Å². The fourth-order valence-electron chi connectivity index (χ4n) is 2.73. The van der Waals surface area contributed by atoms with Gasteiger partial charge in [-0.3, -0.25) is 0 Å². The average Bonchev–Trinajstić information content (AvgIpc) is 3.08. The fourth-order valence-corrected chi connectivity index (χ4v) is 3.02. The molecule has 0 fully saturated rings. The number of aromatic nitrogens is 2. The zero-order valence-corrected chi connectivity index (χ0v) is 15.8. The number of nitriles is 1. The molecule has 7 nitrogen and oxygen atoms in total. The molecular weight excluding hydrogens is 428 g/mol. The highest BCUT2D eigenvalue weighted by molar-refractivity contribution is 7.61. The van der Waals surface area contributed by atoms with Gasteiger partial charge in [0.05, 0.1) is 24.2 Å². The van der Waals surface area contributed by atoms with Crippen molar-refractivity contribution >= 4 is 16.2 Å². The predicted molar refractivity (Wildman–Crippen MR) is 96.2 cm³/mol. The Balaban J connectivity index is 2.30. The van der Waals surface area contributed by atoms with Gasteiger partial charge in [-0.15, -0.1) is 4.36 Å². The minimum absolute atomic E-state index is 0.0350. The summed E-state index contributed by atoms with van der Waals surface area (Å²) in [6.45, 7) is 0. The highest BCUT2D eigenvalue weighted by atomic mass is 32.2. The van der Waals surface area contributed by atoms with E-state index < -0.39 is 33.8 Å². The third-order valence-electron chi connectivity index (χ3n) is 3.97. The van der Waals surface area contributed by atoms with Crippen LogP contribution in [0.3, 0.4) is 0 Å². The maximum Gasteiger partial charge on any atom is 0.436 e. The van der Waals surface area contributed by atoms with Crippen molar-refractivity contribution in [1.29, 1.82) is 5.26 Å². The number of hydrogen-bond donors (Lipinski definition) is 0. The lowest BCUT2D eigenvalue weighted by Crippen LogP contribution is -2.08. The zero-order valence-electron chi connectivity index (χ0n) is 15.0. The van der Waals surface area contributed by atoms with Gasteiger partial charge in [0.2, 0.25) is 0 Å². The van der Waals surface area contributed by atoms with Crippen LogP contribution in [0.15, 0.2) is 46.8 Å². The van der Waals surface area contributed by atoms with E-state index >= 15 is 0 Å². The van der Waals surface area contributed by atoms with E-state index in [0.717, 1.165) is 10.7 Å². The van der Waals surface area contributed by atoms with Crippen LogP contribution in [0, 0.1) is 17.1 Å². The summed E-state index contributed by atoms with van der Waals surface area (Å²) >= 11 is 0. The monoisotopic (exact) mass is 438 g/mol. The minimum atomic E-state index is -4.94. The van der Waals surface area contributed by atoms with E-state index in [-0.39, 0.29) is 28.4 Å². The van der Waals surface area contributed by atoms with Crippen LogP contribution in [-0.2, 0) is 16.7 Å². The van der Waals surface area contributed by atoms with Crippen LogP contribution in [0.5, 0.6) is 5.75 Å². The molecule has 0 aliphatic rings. The van der Waals surface area contributed by atoms with Gasteiger partial charge in [-0.05, 0) is 42.5 Å². The van der Waals surface area contributed by atoms with Gasteiger partial charge in [0.25, 0.3) is 0 Å². The molecular formula is C18H10F4N4O3S. The Bertz CT molecular complexity index is 1280. The standard InChI is InChI=1S/C18H10F4N4O3S/c1-29-15-7-2-10(8-14(15)19)16-13(9-23)17(18(20,21)22)24-26(16)12-5-3-11(4-6-12)25-30(27)28/h2-8H,1H3. The molecule has 0 bridgehead atoms. The fraction of sp³-hybridized carbons (Fsp3) is 0.111. The molecule has 154 valence electrons. The normalized spacial score (nSPS) is 11.1. The first-order valence-electron chi connectivity index (χ1n) is 8.01. The van der Waals surface area contributed by atoms with Crippen molar-refractivity contribution in [2.24, 2.45) is 4.36 Å². The second-order valence-electron chi connectivity index (χ2n) is 5.77.